The molecule has 2 heterocycles. The molecule has 0 aliphatic carbocycles. The van der Waals surface area contributed by atoms with E-state index >= 15 is 0 Å². The zero-order chi connectivity index (χ0) is 17.8. The lowest BCUT2D eigenvalue weighted by atomic mass is 10.0. The van der Waals surface area contributed by atoms with E-state index in [0.717, 1.165) is 19.0 Å². The molecule has 2 atom stereocenters. The van der Waals surface area contributed by atoms with Crippen LogP contribution >= 0.6 is 0 Å². The Morgan fingerprint density at radius 3 is 2.80 bits per heavy atom. The van der Waals surface area contributed by atoms with E-state index in [1.807, 2.05) is 0 Å². The van der Waals surface area contributed by atoms with Crippen LogP contribution in [-0.4, -0.2) is 33.6 Å². The molecule has 0 bridgehead atoms. The first-order valence-corrected chi connectivity index (χ1v) is 8.15. The van der Waals surface area contributed by atoms with Crippen LogP contribution in [-0.2, 0) is 0 Å². The molecule has 0 saturated carbocycles. The second-order valence-electron chi connectivity index (χ2n) is 6.08. The van der Waals surface area contributed by atoms with E-state index in [0.29, 0.717) is 18.5 Å². The van der Waals surface area contributed by atoms with Crippen LogP contribution < -0.4 is 5.32 Å². The lowest BCUT2D eigenvalue weighted by Gasteiger charge is -2.27. The van der Waals surface area contributed by atoms with Crippen LogP contribution in [0.3, 0.4) is 0 Å². The van der Waals surface area contributed by atoms with Crippen molar-refractivity contribution >= 4 is 11.7 Å². The Hall–Kier alpha value is -2.54. The number of aliphatic hydroxyl groups is 1. The van der Waals surface area contributed by atoms with Crippen LogP contribution in [0.2, 0.25) is 0 Å². The molecular formula is C18H19F2N3O2. The van der Waals surface area contributed by atoms with Crippen LogP contribution in [0.15, 0.2) is 42.7 Å². The van der Waals surface area contributed by atoms with Crippen LogP contribution in [0.5, 0.6) is 0 Å². The number of carbonyl (C=O) groups is 1. The predicted molar refractivity (Wildman–Crippen MR) is 88.9 cm³/mol. The quantitative estimate of drug-likeness (QED) is 0.890. The predicted octanol–water partition coefficient (Wildman–Crippen LogP) is 3.48. The van der Waals surface area contributed by atoms with Crippen molar-refractivity contribution in [1.29, 1.82) is 0 Å². The molecule has 1 saturated heterocycles. The van der Waals surface area contributed by atoms with Crippen molar-refractivity contribution in [3.63, 3.8) is 0 Å². The average molecular weight is 347 g/mol. The number of aromatic nitrogens is 1. The minimum Gasteiger partial charge on any atom is -0.388 e. The molecule has 1 fully saturated rings. The number of amides is 2. The van der Waals surface area contributed by atoms with E-state index in [1.165, 1.54) is 36.5 Å². The largest absolute Gasteiger partial charge is 0.388 e. The van der Waals surface area contributed by atoms with E-state index in [9.17, 15) is 18.7 Å². The fraction of sp³-hybridized carbons (Fsp3) is 0.333. The lowest BCUT2D eigenvalue weighted by Crippen LogP contribution is -2.39. The molecule has 2 aromatic rings. The third-order valence-corrected chi connectivity index (χ3v) is 4.40. The van der Waals surface area contributed by atoms with Crippen LogP contribution in [0.1, 0.15) is 30.9 Å². The van der Waals surface area contributed by atoms with Crippen LogP contribution in [0, 0.1) is 11.6 Å². The first kappa shape index (κ1) is 17.3. The van der Waals surface area contributed by atoms with Gasteiger partial charge in [-0.2, -0.15) is 0 Å². The Morgan fingerprint density at radius 2 is 2.08 bits per heavy atom. The minimum absolute atomic E-state index is 0.0738. The number of likely N-dealkylation sites (tertiary alicyclic amines) is 1. The maximum Gasteiger partial charge on any atom is 0.322 e. The molecule has 2 amide bonds. The number of nitrogens with zero attached hydrogens (tertiary/aromatic N) is 2. The molecule has 3 rings (SSSR count). The summed E-state index contributed by atoms with van der Waals surface area (Å²) in [4.78, 5) is 17.7. The van der Waals surface area contributed by atoms with Crippen molar-refractivity contribution in [2.24, 2.45) is 0 Å². The first-order chi connectivity index (χ1) is 12.0. The highest BCUT2D eigenvalue weighted by Crippen LogP contribution is 2.28. The topological polar surface area (TPSA) is 65.5 Å². The van der Waals surface area contributed by atoms with Crippen molar-refractivity contribution in [3.8, 4) is 0 Å². The standard InChI is InChI=1S/C18H19F2N3O2/c19-13-5-3-12(4-6-13)17(24)10-14-2-1-9-23(14)18(25)22-16-7-8-21-11-15(16)20/h3-8,11,14,17,24H,1-2,9-10H2,(H,21,22,25)/t14-,17+/m0/s1. The monoisotopic (exact) mass is 347 g/mol. The number of aliphatic hydroxyl groups excluding tert-OH is 1. The van der Waals surface area contributed by atoms with Crippen molar-refractivity contribution in [3.05, 3.63) is 59.9 Å². The highest BCUT2D eigenvalue weighted by molar-refractivity contribution is 5.89. The van der Waals surface area contributed by atoms with Crippen molar-refractivity contribution in [2.45, 2.75) is 31.4 Å². The number of rotatable bonds is 4. The number of benzene rings is 1. The van der Waals surface area contributed by atoms with E-state index in [-0.39, 0.29) is 17.5 Å². The summed E-state index contributed by atoms with van der Waals surface area (Å²) in [5, 5.41) is 12.9. The van der Waals surface area contributed by atoms with E-state index in [4.69, 9.17) is 0 Å². The molecule has 0 spiro atoms. The average Bonchev–Trinajstić information content (AvgIpc) is 3.05. The Labute approximate surface area is 144 Å². The summed E-state index contributed by atoms with van der Waals surface area (Å²) in [6, 6.07) is 6.49. The molecule has 0 unspecified atom stereocenters. The molecule has 1 aliphatic rings. The summed E-state index contributed by atoms with van der Waals surface area (Å²) < 4.78 is 26.6. The fourth-order valence-corrected chi connectivity index (χ4v) is 3.09. The molecule has 1 aliphatic heterocycles. The number of carbonyl (C=O) groups excluding carboxylic acids is 1. The van der Waals surface area contributed by atoms with Gasteiger partial charge in [0.1, 0.15) is 5.82 Å². The summed E-state index contributed by atoms with van der Waals surface area (Å²) in [7, 11) is 0. The molecule has 1 aromatic heterocycles. The lowest BCUT2D eigenvalue weighted by molar-refractivity contribution is 0.129. The third-order valence-electron chi connectivity index (χ3n) is 4.40. The maximum atomic E-state index is 13.6. The van der Waals surface area contributed by atoms with Gasteiger partial charge < -0.3 is 15.3 Å². The summed E-state index contributed by atoms with van der Waals surface area (Å²) in [5.41, 5.74) is 0.679. The zero-order valence-corrected chi connectivity index (χ0v) is 13.5. The normalized spacial score (nSPS) is 18.2. The number of anilines is 1. The van der Waals surface area contributed by atoms with Gasteiger partial charge in [-0.1, -0.05) is 12.1 Å². The van der Waals surface area contributed by atoms with Crippen molar-refractivity contribution in [2.75, 3.05) is 11.9 Å². The van der Waals surface area contributed by atoms with E-state index < -0.39 is 18.0 Å². The number of halogens is 2. The number of hydrogen-bond donors (Lipinski definition) is 2. The van der Waals surface area contributed by atoms with Gasteiger partial charge in [-0.25, -0.2) is 13.6 Å². The number of urea groups is 1. The Balaban J connectivity index is 1.64. The van der Waals surface area contributed by atoms with Gasteiger partial charge in [-0.15, -0.1) is 0 Å². The van der Waals surface area contributed by atoms with Gasteiger partial charge in [0.15, 0.2) is 5.82 Å². The van der Waals surface area contributed by atoms with E-state index in [2.05, 4.69) is 10.3 Å². The Bertz CT molecular complexity index is 739. The van der Waals surface area contributed by atoms with Gasteiger partial charge in [-0.05, 0) is 43.0 Å². The summed E-state index contributed by atoms with van der Waals surface area (Å²) in [5.74, 6) is -0.963. The molecule has 5 nitrogen and oxygen atoms in total. The first-order valence-electron chi connectivity index (χ1n) is 8.15. The third kappa shape index (κ3) is 4.11. The number of hydrogen-bond acceptors (Lipinski definition) is 3. The van der Waals surface area contributed by atoms with Crippen LogP contribution in [0.4, 0.5) is 19.3 Å². The Kier molecular flexibility index (Phi) is 5.23. The van der Waals surface area contributed by atoms with Gasteiger partial charge in [0.25, 0.3) is 0 Å². The molecule has 132 valence electrons. The Morgan fingerprint density at radius 1 is 1.32 bits per heavy atom. The van der Waals surface area contributed by atoms with E-state index in [1.54, 1.807) is 4.90 Å². The number of nitrogens with one attached hydrogen (secondary N) is 1. The minimum atomic E-state index is -0.795. The van der Waals surface area contributed by atoms with Crippen molar-refractivity contribution in [1.82, 2.24) is 9.88 Å². The van der Waals surface area contributed by atoms with Gasteiger partial charge in [0.2, 0.25) is 0 Å². The molecular weight excluding hydrogens is 328 g/mol. The second-order valence-corrected chi connectivity index (χ2v) is 6.08. The van der Waals surface area contributed by atoms with Crippen molar-refractivity contribution < 1.29 is 18.7 Å². The maximum absolute atomic E-state index is 13.6. The second kappa shape index (κ2) is 7.57. The van der Waals surface area contributed by atoms with Gasteiger partial charge in [0.05, 0.1) is 18.0 Å². The zero-order valence-electron chi connectivity index (χ0n) is 13.5. The molecule has 25 heavy (non-hydrogen) atoms. The fourth-order valence-electron chi connectivity index (χ4n) is 3.09. The SMILES string of the molecule is O=C(Nc1ccncc1F)N1CCC[C@H]1C[C@@H](O)c1ccc(F)cc1. The molecule has 0 radical (unpaired) electrons. The molecule has 7 heteroatoms. The van der Waals surface area contributed by atoms with Gasteiger partial charge >= 0.3 is 6.03 Å². The summed E-state index contributed by atoms with van der Waals surface area (Å²) in [6.07, 6.45) is 3.56. The number of pyridine rings is 1. The highest BCUT2D eigenvalue weighted by atomic mass is 19.1. The highest BCUT2D eigenvalue weighted by Gasteiger charge is 2.31. The summed E-state index contributed by atoms with van der Waals surface area (Å²) >= 11 is 0. The van der Waals surface area contributed by atoms with Gasteiger partial charge in [0, 0.05) is 18.8 Å². The molecule has 2 N–H and O–H groups in total. The van der Waals surface area contributed by atoms with Crippen LogP contribution in [0.25, 0.3) is 0 Å². The summed E-state index contributed by atoms with van der Waals surface area (Å²) in [6.45, 7) is 0.541. The van der Waals surface area contributed by atoms with Gasteiger partial charge in [-0.3, -0.25) is 4.98 Å². The molecule has 1 aromatic carbocycles. The smallest absolute Gasteiger partial charge is 0.322 e.